The first-order valence-corrected chi connectivity index (χ1v) is 5.42. The van der Waals surface area contributed by atoms with Crippen LogP contribution < -0.4 is 10.1 Å². The SMILES string of the molecule is C=CCNC(=O)Cc1ccc2c(c1)CCO2. The predicted molar refractivity (Wildman–Crippen MR) is 62.6 cm³/mol. The molecule has 1 heterocycles. The minimum absolute atomic E-state index is 0.0266. The van der Waals surface area contributed by atoms with E-state index in [2.05, 4.69) is 18.0 Å². The van der Waals surface area contributed by atoms with Crippen LogP contribution in [0.15, 0.2) is 30.9 Å². The van der Waals surface area contributed by atoms with E-state index in [1.165, 1.54) is 5.56 Å². The van der Waals surface area contributed by atoms with Crippen LogP contribution in [0.5, 0.6) is 5.75 Å². The summed E-state index contributed by atoms with van der Waals surface area (Å²) in [5.41, 5.74) is 2.24. The molecule has 1 aliphatic rings. The zero-order valence-electron chi connectivity index (χ0n) is 9.16. The number of hydrogen-bond acceptors (Lipinski definition) is 2. The van der Waals surface area contributed by atoms with Crippen LogP contribution in [0.2, 0.25) is 0 Å². The van der Waals surface area contributed by atoms with Crippen LogP contribution in [-0.4, -0.2) is 19.1 Å². The van der Waals surface area contributed by atoms with Crippen molar-refractivity contribution in [1.82, 2.24) is 5.32 Å². The van der Waals surface area contributed by atoms with Gasteiger partial charge in [-0.2, -0.15) is 0 Å². The summed E-state index contributed by atoms with van der Waals surface area (Å²) in [6.07, 6.45) is 3.03. The Morgan fingerprint density at radius 3 is 3.25 bits per heavy atom. The maximum atomic E-state index is 11.5. The molecule has 0 spiro atoms. The summed E-state index contributed by atoms with van der Waals surface area (Å²) in [4.78, 5) is 11.5. The molecule has 1 aliphatic heterocycles. The van der Waals surface area contributed by atoms with Gasteiger partial charge in [-0.1, -0.05) is 18.2 Å². The van der Waals surface area contributed by atoms with E-state index in [1.807, 2.05) is 12.1 Å². The van der Waals surface area contributed by atoms with Gasteiger partial charge >= 0.3 is 0 Å². The molecule has 0 fully saturated rings. The quantitative estimate of drug-likeness (QED) is 0.775. The number of carbonyl (C=O) groups is 1. The average Bonchev–Trinajstić information content (AvgIpc) is 2.73. The first kappa shape index (κ1) is 10.7. The fraction of sp³-hybridized carbons (Fsp3) is 0.308. The fourth-order valence-electron chi connectivity index (χ4n) is 1.78. The van der Waals surface area contributed by atoms with Crippen molar-refractivity contribution < 1.29 is 9.53 Å². The lowest BCUT2D eigenvalue weighted by Gasteiger charge is -2.04. The highest BCUT2D eigenvalue weighted by atomic mass is 16.5. The van der Waals surface area contributed by atoms with E-state index >= 15 is 0 Å². The summed E-state index contributed by atoms with van der Waals surface area (Å²) >= 11 is 0. The maximum absolute atomic E-state index is 11.5. The summed E-state index contributed by atoms with van der Waals surface area (Å²) in [5.74, 6) is 0.981. The Bertz CT molecular complexity index is 412. The van der Waals surface area contributed by atoms with Gasteiger partial charge < -0.3 is 10.1 Å². The molecule has 2 rings (SSSR count). The Kier molecular flexibility index (Phi) is 3.25. The van der Waals surface area contributed by atoms with Gasteiger partial charge in [0.2, 0.25) is 5.91 Å². The zero-order valence-corrected chi connectivity index (χ0v) is 9.16. The maximum Gasteiger partial charge on any atom is 0.224 e. The molecule has 84 valence electrons. The molecule has 1 N–H and O–H groups in total. The molecule has 1 aromatic carbocycles. The molecule has 1 amide bonds. The van der Waals surface area contributed by atoms with Crippen LogP contribution in [0.25, 0.3) is 0 Å². The summed E-state index contributed by atoms with van der Waals surface area (Å²) < 4.78 is 5.41. The number of fused-ring (bicyclic) bond motifs is 1. The first-order valence-electron chi connectivity index (χ1n) is 5.42. The first-order chi connectivity index (χ1) is 7.79. The largest absolute Gasteiger partial charge is 0.493 e. The van der Waals surface area contributed by atoms with Crippen molar-refractivity contribution in [3.05, 3.63) is 42.0 Å². The van der Waals surface area contributed by atoms with Crippen LogP contribution >= 0.6 is 0 Å². The van der Waals surface area contributed by atoms with Crippen LogP contribution in [0.1, 0.15) is 11.1 Å². The lowest BCUT2D eigenvalue weighted by molar-refractivity contribution is -0.120. The van der Waals surface area contributed by atoms with Crippen molar-refractivity contribution in [2.24, 2.45) is 0 Å². The van der Waals surface area contributed by atoms with Crippen LogP contribution in [0.4, 0.5) is 0 Å². The molecule has 0 aromatic heterocycles. The molecule has 0 unspecified atom stereocenters. The van der Waals surface area contributed by atoms with Gasteiger partial charge in [-0.05, 0) is 17.2 Å². The third-order valence-electron chi connectivity index (χ3n) is 2.56. The Morgan fingerprint density at radius 2 is 2.44 bits per heavy atom. The Hall–Kier alpha value is -1.77. The zero-order chi connectivity index (χ0) is 11.4. The number of hydrogen-bond donors (Lipinski definition) is 1. The predicted octanol–water partition coefficient (Wildman–Crippen LogP) is 1.47. The average molecular weight is 217 g/mol. The minimum atomic E-state index is 0.0266. The molecule has 3 nitrogen and oxygen atoms in total. The summed E-state index contributed by atoms with van der Waals surface area (Å²) in [7, 11) is 0. The van der Waals surface area contributed by atoms with Gasteiger partial charge in [-0.25, -0.2) is 0 Å². The molecule has 0 aliphatic carbocycles. The van der Waals surface area contributed by atoms with E-state index in [0.717, 1.165) is 24.3 Å². The number of rotatable bonds is 4. The highest BCUT2D eigenvalue weighted by Gasteiger charge is 2.12. The third kappa shape index (κ3) is 2.42. The van der Waals surface area contributed by atoms with E-state index in [1.54, 1.807) is 6.08 Å². The molecular weight excluding hydrogens is 202 g/mol. The van der Waals surface area contributed by atoms with Gasteiger partial charge in [0.05, 0.1) is 13.0 Å². The lowest BCUT2D eigenvalue weighted by atomic mass is 10.1. The standard InChI is InChI=1S/C13H15NO2/c1-2-6-14-13(15)9-10-3-4-12-11(8-10)5-7-16-12/h2-4,8H,1,5-7,9H2,(H,14,15). The van der Waals surface area contributed by atoms with E-state index in [-0.39, 0.29) is 5.91 Å². The Morgan fingerprint density at radius 1 is 1.56 bits per heavy atom. The summed E-state index contributed by atoms with van der Waals surface area (Å²) in [5, 5.41) is 2.76. The van der Waals surface area contributed by atoms with Gasteiger partial charge in [0.1, 0.15) is 5.75 Å². The number of benzene rings is 1. The minimum Gasteiger partial charge on any atom is -0.493 e. The van der Waals surface area contributed by atoms with Crippen molar-refractivity contribution in [3.63, 3.8) is 0 Å². The summed E-state index contributed by atoms with van der Waals surface area (Å²) in [6.45, 7) is 4.83. The highest BCUT2D eigenvalue weighted by molar-refractivity contribution is 5.78. The Labute approximate surface area is 95.1 Å². The second kappa shape index (κ2) is 4.84. The monoisotopic (exact) mass is 217 g/mol. The lowest BCUT2D eigenvalue weighted by Crippen LogP contribution is -2.24. The number of ether oxygens (including phenoxy) is 1. The van der Waals surface area contributed by atoms with Crippen LogP contribution in [-0.2, 0) is 17.6 Å². The van der Waals surface area contributed by atoms with Crippen molar-refractivity contribution in [2.45, 2.75) is 12.8 Å². The molecule has 0 saturated heterocycles. The van der Waals surface area contributed by atoms with Crippen molar-refractivity contribution in [3.8, 4) is 5.75 Å². The van der Waals surface area contributed by atoms with Crippen molar-refractivity contribution >= 4 is 5.91 Å². The van der Waals surface area contributed by atoms with Crippen molar-refractivity contribution in [2.75, 3.05) is 13.2 Å². The number of amides is 1. The van der Waals surface area contributed by atoms with Crippen LogP contribution in [0, 0.1) is 0 Å². The Balaban J connectivity index is 1.99. The highest BCUT2D eigenvalue weighted by Crippen LogP contribution is 2.25. The second-order valence-electron chi connectivity index (χ2n) is 3.81. The van der Waals surface area contributed by atoms with Gasteiger partial charge in [0.15, 0.2) is 0 Å². The smallest absolute Gasteiger partial charge is 0.224 e. The summed E-state index contributed by atoms with van der Waals surface area (Å²) in [6, 6.07) is 5.94. The van der Waals surface area contributed by atoms with E-state index in [4.69, 9.17) is 4.74 Å². The molecule has 0 radical (unpaired) electrons. The van der Waals surface area contributed by atoms with Gasteiger partial charge in [-0.15, -0.1) is 6.58 Å². The third-order valence-corrected chi connectivity index (χ3v) is 2.56. The molecule has 0 atom stereocenters. The van der Waals surface area contributed by atoms with Crippen LogP contribution in [0.3, 0.4) is 0 Å². The molecule has 0 saturated carbocycles. The molecule has 3 heteroatoms. The van der Waals surface area contributed by atoms with Gasteiger partial charge in [0.25, 0.3) is 0 Å². The fourth-order valence-corrected chi connectivity index (χ4v) is 1.78. The molecule has 16 heavy (non-hydrogen) atoms. The van der Waals surface area contributed by atoms with E-state index in [0.29, 0.717) is 13.0 Å². The van der Waals surface area contributed by atoms with E-state index in [9.17, 15) is 4.79 Å². The van der Waals surface area contributed by atoms with Crippen molar-refractivity contribution in [1.29, 1.82) is 0 Å². The normalized spacial score (nSPS) is 12.8. The molecular formula is C13H15NO2. The number of carbonyl (C=O) groups excluding carboxylic acids is 1. The van der Waals surface area contributed by atoms with Gasteiger partial charge in [-0.3, -0.25) is 4.79 Å². The second-order valence-corrected chi connectivity index (χ2v) is 3.81. The van der Waals surface area contributed by atoms with Gasteiger partial charge in [0, 0.05) is 13.0 Å². The number of nitrogens with one attached hydrogen (secondary N) is 1. The molecule has 1 aromatic rings. The molecule has 0 bridgehead atoms. The topological polar surface area (TPSA) is 38.3 Å². The van der Waals surface area contributed by atoms with E-state index < -0.39 is 0 Å².